The number of nitrogens with zero attached hydrogens (tertiary/aromatic N) is 4. The number of piperazine rings is 1. The Bertz CT molecular complexity index is 1750. The zero-order chi connectivity index (χ0) is 31.4. The second-order valence-corrected chi connectivity index (χ2v) is 10.6. The predicted molar refractivity (Wildman–Crippen MR) is 145 cm³/mol. The van der Waals surface area contributed by atoms with Crippen molar-refractivity contribution in [1.29, 1.82) is 0 Å². The monoisotopic (exact) mass is 626 g/mol. The van der Waals surface area contributed by atoms with Crippen molar-refractivity contribution in [2.24, 2.45) is 0 Å². The number of methoxy groups -OCH3 is 1. The van der Waals surface area contributed by atoms with Crippen molar-refractivity contribution in [3.05, 3.63) is 66.5 Å². The van der Waals surface area contributed by atoms with Crippen molar-refractivity contribution < 1.29 is 45.0 Å². The molecule has 3 heterocycles. The Morgan fingerprint density at radius 2 is 1.74 bits per heavy atom. The van der Waals surface area contributed by atoms with Gasteiger partial charge >= 0.3 is 12.1 Å². The van der Waals surface area contributed by atoms with Crippen LogP contribution in [-0.2, 0) is 14.8 Å². The summed E-state index contributed by atoms with van der Waals surface area (Å²) in [7, 11) is -3.05. The summed E-state index contributed by atoms with van der Waals surface area (Å²) >= 11 is 0. The summed E-state index contributed by atoms with van der Waals surface area (Å²) in [5.74, 6) is -4.85. The summed E-state index contributed by atoms with van der Waals surface area (Å²) in [5, 5.41) is 19.7. The molecule has 0 aliphatic carbocycles. The van der Waals surface area contributed by atoms with Gasteiger partial charge < -0.3 is 20.1 Å². The average molecular weight is 627 g/mol. The molecule has 0 saturated carbocycles. The first-order valence-corrected chi connectivity index (χ1v) is 13.8. The number of ether oxygens (including phenoxy) is 1. The molecule has 2 aromatic heterocycles. The fourth-order valence-electron chi connectivity index (χ4n) is 4.12. The summed E-state index contributed by atoms with van der Waals surface area (Å²) in [6.45, 7) is 3.40. The number of halogens is 5. The van der Waals surface area contributed by atoms with Crippen LogP contribution in [0.5, 0.6) is 5.88 Å². The molecule has 1 fully saturated rings. The van der Waals surface area contributed by atoms with Gasteiger partial charge in [-0.25, -0.2) is 27.0 Å². The van der Waals surface area contributed by atoms with Gasteiger partial charge in [-0.1, -0.05) is 6.07 Å². The highest BCUT2D eigenvalue weighted by atomic mass is 32.2. The van der Waals surface area contributed by atoms with Crippen molar-refractivity contribution in [3.63, 3.8) is 0 Å². The number of aromatic nitrogens is 3. The van der Waals surface area contributed by atoms with E-state index in [0.717, 1.165) is 60.5 Å². The molecule has 1 aliphatic rings. The molecular formula is C26H23F5N6O5S. The zero-order valence-electron chi connectivity index (χ0n) is 22.2. The smallest absolute Gasteiger partial charge is 0.480 e. The molecule has 1 aliphatic heterocycles. The fraction of sp³-hybridized carbons (Fsp3) is 0.231. The first-order valence-electron chi connectivity index (χ1n) is 12.3. The Morgan fingerprint density at radius 1 is 1.05 bits per heavy atom. The van der Waals surface area contributed by atoms with Crippen LogP contribution in [-0.4, -0.2) is 74.1 Å². The van der Waals surface area contributed by atoms with E-state index in [4.69, 9.17) is 14.6 Å². The maximum atomic E-state index is 14.2. The number of rotatable bonds is 6. The van der Waals surface area contributed by atoms with Crippen molar-refractivity contribution in [3.8, 4) is 17.0 Å². The fourth-order valence-corrected chi connectivity index (χ4v) is 5.23. The Labute approximate surface area is 241 Å². The third-order valence-corrected chi connectivity index (χ3v) is 7.52. The number of carboxylic acid groups (broad SMARTS) is 1. The number of aliphatic carboxylic acids is 1. The molecule has 1 saturated heterocycles. The number of carboxylic acids is 1. The summed E-state index contributed by atoms with van der Waals surface area (Å²) in [4.78, 5) is 14.7. The maximum Gasteiger partial charge on any atom is 0.490 e. The van der Waals surface area contributed by atoms with Gasteiger partial charge in [-0.2, -0.15) is 23.4 Å². The van der Waals surface area contributed by atoms with E-state index in [1.807, 2.05) is 18.2 Å². The van der Waals surface area contributed by atoms with Gasteiger partial charge in [0.1, 0.15) is 22.2 Å². The number of sulfonamides is 1. The molecule has 0 atom stereocenters. The minimum Gasteiger partial charge on any atom is -0.480 e. The molecule has 2 aromatic carbocycles. The van der Waals surface area contributed by atoms with Crippen molar-refractivity contribution in [2.75, 3.05) is 42.9 Å². The van der Waals surface area contributed by atoms with Crippen LogP contribution in [0.4, 0.5) is 33.3 Å². The van der Waals surface area contributed by atoms with E-state index >= 15 is 0 Å². The maximum absolute atomic E-state index is 14.2. The number of benzene rings is 2. The highest BCUT2D eigenvalue weighted by Gasteiger charge is 2.38. The van der Waals surface area contributed by atoms with Crippen LogP contribution in [0.2, 0.25) is 0 Å². The zero-order valence-corrected chi connectivity index (χ0v) is 23.0. The van der Waals surface area contributed by atoms with Gasteiger partial charge in [-0.05, 0) is 35.9 Å². The summed E-state index contributed by atoms with van der Waals surface area (Å²) < 4.78 is 92.5. The highest BCUT2D eigenvalue weighted by Crippen LogP contribution is 2.34. The molecule has 0 unspecified atom stereocenters. The van der Waals surface area contributed by atoms with Gasteiger partial charge in [0.05, 0.1) is 24.5 Å². The van der Waals surface area contributed by atoms with Gasteiger partial charge in [-0.15, -0.1) is 0 Å². The molecule has 0 radical (unpaired) electrons. The number of fused-ring (bicyclic) bond motifs is 1. The van der Waals surface area contributed by atoms with Crippen LogP contribution in [0.25, 0.3) is 22.0 Å². The van der Waals surface area contributed by atoms with Crippen molar-refractivity contribution >= 4 is 38.3 Å². The van der Waals surface area contributed by atoms with E-state index in [9.17, 15) is 30.4 Å². The van der Waals surface area contributed by atoms with Crippen LogP contribution >= 0.6 is 0 Å². The third-order valence-electron chi connectivity index (χ3n) is 6.12. The largest absolute Gasteiger partial charge is 0.490 e. The number of pyridine rings is 1. The van der Waals surface area contributed by atoms with E-state index in [1.54, 1.807) is 18.5 Å². The molecule has 43 heavy (non-hydrogen) atoms. The van der Waals surface area contributed by atoms with Gasteiger partial charge in [0.2, 0.25) is 5.88 Å². The molecule has 0 bridgehead atoms. The number of carbonyl (C=O) groups is 1. The van der Waals surface area contributed by atoms with E-state index in [0.29, 0.717) is 11.6 Å². The summed E-state index contributed by atoms with van der Waals surface area (Å²) in [6.07, 6.45) is -1.80. The molecule has 17 heteroatoms. The van der Waals surface area contributed by atoms with Crippen LogP contribution in [0.15, 0.2) is 59.8 Å². The first kappa shape index (κ1) is 31.3. The molecule has 3 N–H and O–H groups in total. The first-order chi connectivity index (χ1) is 20.3. The Balaban J connectivity index is 0.000000541. The molecule has 11 nitrogen and oxygen atoms in total. The lowest BCUT2D eigenvalue weighted by Gasteiger charge is -2.29. The second kappa shape index (κ2) is 12.7. The van der Waals surface area contributed by atoms with Gasteiger partial charge in [0, 0.05) is 49.4 Å². The minimum absolute atomic E-state index is 0.00185. The SMILES string of the molecule is COc1ncc(-c2ccc3nncc(N4CCNCC4)c3c2)cc1NS(=O)(=O)c1ccc(F)cc1F.O=C(O)C(F)(F)F. The van der Waals surface area contributed by atoms with E-state index in [1.165, 1.54) is 7.11 Å². The van der Waals surface area contributed by atoms with E-state index in [2.05, 4.69) is 30.1 Å². The predicted octanol–water partition coefficient (Wildman–Crippen LogP) is 3.82. The van der Waals surface area contributed by atoms with Gasteiger partial charge in [0.15, 0.2) is 0 Å². The van der Waals surface area contributed by atoms with E-state index < -0.39 is 38.7 Å². The lowest BCUT2D eigenvalue weighted by molar-refractivity contribution is -0.192. The molecule has 0 amide bonds. The van der Waals surface area contributed by atoms with E-state index in [-0.39, 0.29) is 11.6 Å². The summed E-state index contributed by atoms with van der Waals surface area (Å²) in [6, 6.07) is 9.41. The average Bonchev–Trinajstić information content (AvgIpc) is 2.96. The molecule has 5 rings (SSSR count). The molecule has 0 spiro atoms. The number of hydrogen-bond acceptors (Lipinski definition) is 9. The molecular weight excluding hydrogens is 603 g/mol. The Kier molecular flexibility index (Phi) is 9.24. The normalized spacial score (nSPS) is 13.7. The topological polar surface area (TPSA) is 147 Å². The standard InChI is InChI=1S/C24H22F2N6O3S.C2HF3O2/c1-35-24-21(31-36(33,34)23-5-3-17(25)12-19(23)26)11-16(13-28-24)15-2-4-20-18(10-15)22(14-29-30-20)32-8-6-27-7-9-32;3-2(4,5)1(6)7/h2-5,10-14,27,31H,6-9H2,1H3;(H,6,7). The van der Waals surface area contributed by atoms with Gasteiger partial charge in [-0.3, -0.25) is 4.72 Å². The van der Waals surface area contributed by atoms with Crippen LogP contribution in [0.1, 0.15) is 0 Å². The molecule has 4 aromatic rings. The Hall–Kier alpha value is -4.64. The van der Waals surface area contributed by atoms with Crippen LogP contribution < -0.4 is 19.7 Å². The van der Waals surface area contributed by atoms with Crippen LogP contribution in [0, 0.1) is 11.6 Å². The lowest BCUT2D eigenvalue weighted by Crippen LogP contribution is -2.43. The second-order valence-electron chi connectivity index (χ2n) is 8.96. The van der Waals surface area contributed by atoms with Crippen LogP contribution in [0.3, 0.4) is 0 Å². The molecule has 228 valence electrons. The Morgan fingerprint density at radius 3 is 2.37 bits per heavy atom. The van der Waals surface area contributed by atoms with Crippen molar-refractivity contribution in [1.82, 2.24) is 20.5 Å². The number of nitrogens with one attached hydrogen (secondary N) is 2. The van der Waals surface area contributed by atoms with Crippen molar-refractivity contribution in [2.45, 2.75) is 11.1 Å². The van der Waals surface area contributed by atoms with Gasteiger partial charge in [0.25, 0.3) is 10.0 Å². The quantitative estimate of drug-likeness (QED) is 0.270. The number of alkyl halides is 3. The number of anilines is 2. The highest BCUT2D eigenvalue weighted by molar-refractivity contribution is 7.92. The minimum atomic E-state index is -5.08. The third kappa shape index (κ3) is 7.42. The summed E-state index contributed by atoms with van der Waals surface area (Å²) in [5.41, 5.74) is 3.05. The lowest BCUT2D eigenvalue weighted by atomic mass is 10.0. The number of hydrogen-bond donors (Lipinski definition) is 3.